The molecule has 4 rings (SSSR count). The Kier molecular flexibility index (Phi) is 3.65. The van der Waals surface area contributed by atoms with E-state index in [2.05, 4.69) is 20.1 Å². The molecule has 0 bridgehead atoms. The van der Waals surface area contributed by atoms with Gasteiger partial charge in [0.15, 0.2) is 11.6 Å². The van der Waals surface area contributed by atoms with E-state index in [-0.39, 0.29) is 11.6 Å². The predicted molar refractivity (Wildman–Crippen MR) is 97.6 cm³/mol. The molecule has 0 fully saturated rings. The number of aromatic nitrogens is 5. The zero-order valence-electron chi connectivity index (χ0n) is 14.2. The van der Waals surface area contributed by atoms with Gasteiger partial charge in [0, 0.05) is 30.4 Å². The molecular weight excluding hydrogens is 332 g/mol. The van der Waals surface area contributed by atoms with Gasteiger partial charge in [-0.25, -0.2) is 15.0 Å². The molecule has 0 spiro atoms. The molecule has 0 saturated heterocycles. The lowest BCUT2D eigenvalue weighted by molar-refractivity contribution is 0.416. The molecule has 0 aliphatic rings. The number of hydrogen-bond acceptors (Lipinski definition) is 7. The van der Waals surface area contributed by atoms with Crippen LogP contribution in [0.2, 0.25) is 0 Å². The van der Waals surface area contributed by atoms with Crippen molar-refractivity contribution in [2.45, 2.75) is 0 Å². The molecule has 3 N–H and O–H groups in total. The van der Waals surface area contributed by atoms with Crippen LogP contribution in [0.3, 0.4) is 0 Å². The summed E-state index contributed by atoms with van der Waals surface area (Å²) >= 11 is 0. The van der Waals surface area contributed by atoms with Crippen LogP contribution in [0.5, 0.6) is 11.5 Å². The molecule has 8 heteroatoms. The number of hydrogen-bond donors (Lipinski definition) is 2. The molecule has 0 aliphatic carbocycles. The Morgan fingerprint density at radius 3 is 2.77 bits per heavy atom. The Bertz CT molecular complexity index is 1120. The number of rotatable bonds is 3. The highest BCUT2D eigenvalue weighted by molar-refractivity contribution is 5.94. The van der Waals surface area contributed by atoms with Crippen LogP contribution >= 0.6 is 0 Å². The molecule has 130 valence electrons. The van der Waals surface area contributed by atoms with Crippen LogP contribution in [0.4, 0.5) is 5.82 Å². The number of nitrogens with zero attached hydrogens (tertiary/aromatic N) is 5. The van der Waals surface area contributed by atoms with Gasteiger partial charge in [0.05, 0.1) is 12.6 Å². The second-order valence-electron chi connectivity index (χ2n) is 5.78. The minimum absolute atomic E-state index is 0.166. The minimum atomic E-state index is 0.166. The van der Waals surface area contributed by atoms with Crippen molar-refractivity contribution in [3.63, 3.8) is 0 Å². The van der Waals surface area contributed by atoms with E-state index in [1.165, 1.54) is 13.4 Å². The second-order valence-corrected chi connectivity index (χ2v) is 5.78. The van der Waals surface area contributed by atoms with E-state index in [9.17, 15) is 5.11 Å². The number of pyridine rings is 1. The van der Waals surface area contributed by atoms with E-state index in [0.717, 1.165) is 11.1 Å². The molecule has 0 radical (unpaired) electrons. The van der Waals surface area contributed by atoms with Crippen molar-refractivity contribution in [2.75, 3.05) is 12.8 Å². The summed E-state index contributed by atoms with van der Waals surface area (Å²) in [4.78, 5) is 13.1. The summed E-state index contributed by atoms with van der Waals surface area (Å²) < 4.78 is 6.91. The largest absolute Gasteiger partial charge is 0.508 e. The maximum Gasteiger partial charge on any atom is 0.166 e. The number of phenolic OH excluding ortho intramolecular Hbond substituents is 1. The summed E-state index contributed by atoms with van der Waals surface area (Å²) in [5, 5.41) is 14.3. The Hall–Kier alpha value is -3.68. The number of phenols is 1. The van der Waals surface area contributed by atoms with Gasteiger partial charge in [0.2, 0.25) is 0 Å². The number of aromatic hydroxyl groups is 1. The molecule has 26 heavy (non-hydrogen) atoms. The Labute approximate surface area is 148 Å². The number of nitrogens with two attached hydrogens (primary N) is 1. The highest BCUT2D eigenvalue weighted by Gasteiger charge is 2.18. The third-order valence-corrected chi connectivity index (χ3v) is 4.03. The molecule has 3 aromatic heterocycles. The van der Waals surface area contributed by atoms with Gasteiger partial charge in [-0.1, -0.05) is 12.1 Å². The molecule has 0 amide bonds. The van der Waals surface area contributed by atoms with Crippen molar-refractivity contribution >= 4 is 16.9 Å². The molecule has 1 aromatic carbocycles. The fraction of sp³-hybridized carbons (Fsp3) is 0.111. The summed E-state index contributed by atoms with van der Waals surface area (Å²) in [5.74, 6) is 0.888. The number of ether oxygens (including phenoxy) is 1. The van der Waals surface area contributed by atoms with Crippen LogP contribution in [0.25, 0.3) is 33.5 Å². The van der Waals surface area contributed by atoms with Crippen molar-refractivity contribution in [3.05, 3.63) is 42.9 Å². The van der Waals surface area contributed by atoms with Gasteiger partial charge in [0.25, 0.3) is 0 Å². The summed E-state index contributed by atoms with van der Waals surface area (Å²) in [6, 6.07) is 8.63. The van der Waals surface area contributed by atoms with E-state index < -0.39 is 0 Å². The molecule has 0 atom stereocenters. The first kappa shape index (κ1) is 15.8. The number of aryl methyl sites for hydroxylation is 1. The van der Waals surface area contributed by atoms with Crippen molar-refractivity contribution in [1.82, 2.24) is 24.7 Å². The lowest BCUT2D eigenvalue weighted by Crippen LogP contribution is -1.99. The van der Waals surface area contributed by atoms with Crippen molar-refractivity contribution in [1.29, 1.82) is 0 Å². The van der Waals surface area contributed by atoms with Crippen LogP contribution in [0, 0.1) is 0 Å². The fourth-order valence-corrected chi connectivity index (χ4v) is 2.87. The second kappa shape index (κ2) is 5.99. The monoisotopic (exact) mass is 348 g/mol. The first-order valence-corrected chi connectivity index (χ1v) is 7.85. The van der Waals surface area contributed by atoms with Crippen LogP contribution in [-0.4, -0.2) is 36.9 Å². The standard InChI is InChI=1S/C18H16N6O2/c1-24-8-12(15(23-24)10-4-3-5-11(25)6-10)16-17-13(20-9-21-16)7-14(26-2)18(19)22-17/h3-9,25H,1-2H3,(H2,19,22). The lowest BCUT2D eigenvalue weighted by atomic mass is 10.0. The van der Waals surface area contributed by atoms with Gasteiger partial charge in [-0.3, -0.25) is 4.68 Å². The zero-order valence-corrected chi connectivity index (χ0v) is 14.2. The van der Waals surface area contributed by atoms with Crippen LogP contribution in [0.1, 0.15) is 0 Å². The van der Waals surface area contributed by atoms with E-state index in [1.807, 2.05) is 19.3 Å². The predicted octanol–water partition coefficient (Wildman–Crippen LogP) is 2.39. The summed E-state index contributed by atoms with van der Waals surface area (Å²) in [5.41, 5.74) is 9.97. The first-order chi connectivity index (χ1) is 12.6. The molecular formula is C18H16N6O2. The number of methoxy groups -OCH3 is 1. The van der Waals surface area contributed by atoms with Crippen molar-refractivity contribution in [2.24, 2.45) is 7.05 Å². The lowest BCUT2D eigenvalue weighted by Gasteiger charge is -2.08. The number of nitrogen functional groups attached to an aromatic ring is 1. The van der Waals surface area contributed by atoms with Gasteiger partial charge in [-0.15, -0.1) is 0 Å². The fourth-order valence-electron chi connectivity index (χ4n) is 2.87. The van der Waals surface area contributed by atoms with Gasteiger partial charge in [-0.05, 0) is 12.1 Å². The molecule has 8 nitrogen and oxygen atoms in total. The van der Waals surface area contributed by atoms with Crippen molar-refractivity contribution in [3.8, 4) is 34.0 Å². The quantitative estimate of drug-likeness (QED) is 0.584. The van der Waals surface area contributed by atoms with E-state index in [1.54, 1.807) is 28.9 Å². The zero-order chi connectivity index (χ0) is 18.3. The van der Waals surface area contributed by atoms with Crippen LogP contribution in [0.15, 0.2) is 42.9 Å². The summed E-state index contributed by atoms with van der Waals surface area (Å²) in [7, 11) is 3.35. The van der Waals surface area contributed by atoms with Crippen LogP contribution in [-0.2, 0) is 7.05 Å². The first-order valence-electron chi connectivity index (χ1n) is 7.85. The smallest absolute Gasteiger partial charge is 0.166 e. The van der Waals surface area contributed by atoms with E-state index in [0.29, 0.717) is 28.2 Å². The topological polar surface area (TPSA) is 112 Å². The minimum Gasteiger partial charge on any atom is -0.508 e. The van der Waals surface area contributed by atoms with Crippen molar-refractivity contribution < 1.29 is 9.84 Å². The average Bonchev–Trinajstić information content (AvgIpc) is 3.02. The maximum atomic E-state index is 9.81. The van der Waals surface area contributed by atoms with E-state index >= 15 is 0 Å². The average molecular weight is 348 g/mol. The van der Waals surface area contributed by atoms with Gasteiger partial charge >= 0.3 is 0 Å². The van der Waals surface area contributed by atoms with Gasteiger partial charge < -0.3 is 15.6 Å². The van der Waals surface area contributed by atoms with Crippen LogP contribution < -0.4 is 10.5 Å². The third kappa shape index (κ3) is 2.57. The number of fused-ring (bicyclic) bond motifs is 1. The summed E-state index contributed by atoms with van der Waals surface area (Å²) in [6.45, 7) is 0. The number of anilines is 1. The number of benzene rings is 1. The molecule has 0 saturated carbocycles. The Morgan fingerprint density at radius 2 is 2.00 bits per heavy atom. The maximum absolute atomic E-state index is 9.81. The molecule has 3 heterocycles. The highest BCUT2D eigenvalue weighted by atomic mass is 16.5. The molecule has 0 aliphatic heterocycles. The van der Waals surface area contributed by atoms with E-state index in [4.69, 9.17) is 10.5 Å². The molecule has 4 aromatic rings. The normalized spacial score (nSPS) is 11.0. The van der Waals surface area contributed by atoms with Gasteiger partial charge in [0.1, 0.15) is 29.0 Å². The van der Waals surface area contributed by atoms with Gasteiger partial charge in [-0.2, -0.15) is 5.10 Å². The summed E-state index contributed by atoms with van der Waals surface area (Å²) in [6.07, 6.45) is 3.32. The highest BCUT2D eigenvalue weighted by Crippen LogP contribution is 2.35. The molecule has 0 unspecified atom stereocenters. The Balaban J connectivity index is 1.98. The Morgan fingerprint density at radius 1 is 1.15 bits per heavy atom. The SMILES string of the molecule is COc1cc2ncnc(-c3cn(C)nc3-c3cccc(O)c3)c2nc1N. The third-order valence-electron chi connectivity index (χ3n) is 4.03.